The topological polar surface area (TPSA) is 65.1 Å². The fraction of sp³-hybridized carbons (Fsp3) is 0.652. The average Bonchev–Trinajstić information content (AvgIpc) is 2.75. The van der Waals surface area contributed by atoms with E-state index in [-0.39, 0.29) is 23.9 Å². The standard InChI is InChI=1S/C23H36N4O3/c1-18-6-4-5-7-21(18)16-19(2)24-22(28)17-25-8-10-26(11-9-25)20(3)23(29)27-12-14-30-15-13-27/h4-7,19-20H,8-17H2,1-3H3,(H,24,28). The van der Waals surface area contributed by atoms with Crippen LogP contribution in [0, 0.1) is 6.92 Å². The van der Waals surface area contributed by atoms with E-state index in [0.717, 1.165) is 32.6 Å². The Kier molecular flexibility index (Phi) is 8.24. The normalized spacial score (nSPS) is 20.6. The molecule has 1 N–H and O–H groups in total. The van der Waals surface area contributed by atoms with Crippen LogP contribution in [0.3, 0.4) is 0 Å². The highest BCUT2D eigenvalue weighted by Gasteiger charge is 2.30. The number of piperazine rings is 1. The van der Waals surface area contributed by atoms with Crippen molar-refractivity contribution in [3.05, 3.63) is 35.4 Å². The van der Waals surface area contributed by atoms with Crippen molar-refractivity contribution in [2.24, 2.45) is 0 Å². The zero-order valence-electron chi connectivity index (χ0n) is 18.6. The molecule has 30 heavy (non-hydrogen) atoms. The Balaban J connectivity index is 1.39. The molecule has 166 valence electrons. The van der Waals surface area contributed by atoms with Crippen molar-refractivity contribution in [3.63, 3.8) is 0 Å². The van der Waals surface area contributed by atoms with Crippen LogP contribution in [0.5, 0.6) is 0 Å². The molecule has 0 aliphatic carbocycles. The van der Waals surface area contributed by atoms with Crippen LogP contribution in [-0.4, -0.2) is 97.6 Å². The number of morpholine rings is 1. The first kappa shape index (κ1) is 22.7. The summed E-state index contributed by atoms with van der Waals surface area (Å²) in [4.78, 5) is 31.5. The average molecular weight is 417 g/mol. The number of nitrogens with zero attached hydrogens (tertiary/aromatic N) is 3. The first-order valence-electron chi connectivity index (χ1n) is 11.1. The van der Waals surface area contributed by atoms with Crippen molar-refractivity contribution >= 4 is 11.8 Å². The maximum Gasteiger partial charge on any atom is 0.239 e. The van der Waals surface area contributed by atoms with E-state index >= 15 is 0 Å². The van der Waals surface area contributed by atoms with Crippen LogP contribution in [-0.2, 0) is 20.7 Å². The largest absolute Gasteiger partial charge is 0.378 e. The van der Waals surface area contributed by atoms with Crippen LogP contribution < -0.4 is 5.32 Å². The molecule has 2 fully saturated rings. The van der Waals surface area contributed by atoms with Gasteiger partial charge in [-0.1, -0.05) is 24.3 Å². The Morgan fingerprint density at radius 3 is 2.37 bits per heavy atom. The van der Waals surface area contributed by atoms with Crippen LogP contribution in [0.4, 0.5) is 0 Å². The Hall–Kier alpha value is -1.96. The lowest BCUT2D eigenvalue weighted by Gasteiger charge is -2.39. The number of ether oxygens (including phenoxy) is 1. The molecule has 2 aliphatic rings. The summed E-state index contributed by atoms with van der Waals surface area (Å²) < 4.78 is 5.34. The smallest absolute Gasteiger partial charge is 0.239 e. The van der Waals surface area contributed by atoms with Gasteiger partial charge in [0.15, 0.2) is 0 Å². The molecule has 2 aliphatic heterocycles. The summed E-state index contributed by atoms with van der Waals surface area (Å²) in [6.07, 6.45) is 0.841. The van der Waals surface area contributed by atoms with Gasteiger partial charge < -0.3 is 15.0 Å². The minimum absolute atomic E-state index is 0.0713. The molecule has 1 aromatic rings. The highest BCUT2D eigenvalue weighted by molar-refractivity contribution is 5.81. The van der Waals surface area contributed by atoms with Crippen molar-refractivity contribution in [2.75, 3.05) is 59.0 Å². The third-order valence-electron chi connectivity index (χ3n) is 6.20. The Morgan fingerprint density at radius 1 is 1.03 bits per heavy atom. The molecule has 2 unspecified atom stereocenters. The van der Waals surface area contributed by atoms with Crippen molar-refractivity contribution in [1.82, 2.24) is 20.0 Å². The van der Waals surface area contributed by atoms with Gasteiger partial charge in [-0.2, -0.15) is 0 Å². The lowest BCUT2D eigenvalue weighted by Crippen LogP contribution is -2.56. The monoisotopic (exact) mass is 416 g/mol. The van der Waals surface area contributed by atoms with Crippen molar-refractivity contribution < 1.29 is 14.3 Å². The van der Waals surface area contributed by atoms with E-state index in [1.807, 2.05) is 24.0 Å². The number of nitrogens with one attached hydrogen (secondary N) is 1. The predicted octanol–water partition coefficient (Wildman–Crippen LogP) is 0.907. The Labute approximate surface area is 180 Å². The maximum absolute atomic E-state index is 12.7. The van der Waals surface area contributed by atoms with Crippen LogP contribution in [0.25, 0.3) is 0 Å². The first-order chi connectivity index (χ1) is 14.4. The number of amides is 2. The van der Waals surface area contributed by atoms with Gasteiger partial charge in [0.1, 0.15) is 0 Å². The van der Waals surface area contributed by atoms with Gasteiger partial charge in [0.25, 0.3) is 0 Å². The molecule has 2 atom stereocenters. The summed E-state index contributed by atoms with van der Waals surface area (Å²) in [5, 5.41) is 3.13. The van der Waals surface area contributed by atoms with E-state index in [2.05, 4.69) is 41.1 Å². The quantitative estimate of drug-likeness (QED) is 0.716. The molecule has 0 aromatic heterocycles. The molecule has 0 radical (unpaired) electrons. The van der Waals surface area contributed by atoms with E-state index in [1.54, 1.807) is 0 Å². The number of benzene rings is 1. The van der Waals surface area contributed by atoms with E-state index in [0.29, 0.717) is 32.8 Å². The molecule has 7 nitrogen and oxygen atoms in total. The van der Waals surface area contributed by atoms with Crippen LogP contribution in [0.2, 0.25) is 0 Å². The van der Waals surface area contributed by atoms with E-state index in [9.17, 15) is 9.59 Å². The Bertz CT molecular complexity index is 712. The summed E-state index contributed by atoms with van der Waals surface area (Å²) in [5.41, 5.74) is 2.54. The third-order valence-corrected chi connectivity index (χ3v) is 6.20. The summed E-state index contributed by atoms with van der Waals surface area (Å²) in [5.74, 6) is 0.261. The zero-order valence-corrected chi connectivity index (χ0v) is 18.6. The minimum atomic E-state index is -0.117. The molecule has 1 aromatic carbocycles. The highest BCUT2D eigenvalue weighted by atomic mass is 16.5. The summed E-state index contributed by atoms with van der Waals surface area (Å²) >= 11 is 0. The van der Waals surface area contributed by atoms with Gasteiger partial charge in [-0.05, 0) is 38.3 Å². The fourth-order valence-corrected chi connectivity index (χ4v) is 4.26. The van der Waals surface area contributed by atoms with Crippen LogP contribution in [0.15, 0.2) is 24.3 Å². The molecule has 7 heteroatoms. The minimum Gasteiger partial charge on any atom is -0.378 e. The molecular weight excluding hydrogens is 380 g/mol. The summed E-state index contributed by atoms with van der Waals surface area (Å²) in [6, 6.07) is 8.29. The molecule has 2 amide bonds. The first-order valence-corrected chi connectivity index (χ1v) is 11.1. The highest BCUT2D eigenvalue weighted by Crippen LogP contribution is 2.11. The SMILES string of the molecule is Cc1ccccc1CC(C)NC(=O)CN1CCN(C(C)C(=O)N2CCOCC2)CC1. The second-order valence-electron chi connectivity index (χ2n) is 8.52. The van der Waals surface area contributed by atoms with Crippen molar-refractivity contribution in [1.29, 1.82) is 0 Å². The second kappa shape index (κ2) is 10.9. The van der Waals surface area contributed by atoms with Gasteiger partial charge in [-0.3, -0.25) is 19.4 Å². The lowest BCUT2D eigenvalue weighted by molar-refractivity contribution is -0.141. The number of hydrogen-bond acceptors (Lipinski definition) is 5. The summed E-state index contributed by atoms with van der Waals surface area (Å²) in [7, 11) is 0. The number of carbonyl (C=O) groups is 2. The van der Waals surface area contributed by atoms with Crippen LogP contribution >= 0.6 is 0 Å². The van der Waals surface area contributed by atoms with Gasteiger partial charge in [0.2, 0.25) is 11.8 Å². The van der Waals surface area contributed by atoms with Gasteiger partial charge in [0.05, 0.1) is 25.8 Å². The zero-order chi connectivity index (χ0) is 21.5. The lowest BCUT2D eigenvalue weighted by atomic mass is 10.0. The molecule has 0 saturated carbocycles. The fourth-order valence-electron chi connectivity index (χ4n) is 4.26. The van der Waals surface area contributed by atoms with Crippen LogP contribution in [0.1, 0.15) is 25.0 Å². The number of rotatable bonds is 7. The van der Waals surface area contributed by atoms with E-state index < -0.39 is 0 Å². The Morgan fingerprint density at radius 2 is 1.70 bits per heavy atom. The maximum atomic E-state index is 12.7. The van der Waals surface area contributed by atoms with Crippen molar-refractivity contribution in [2.45, 2.75) is 39.3 Å². The van der Waals surface area contributed by atoms with Gasteiger partial charge in [0, 0.05) is 45.3 Å². The molecular formula is C23H36N4O3. The van der Waals surface area contributed by atoms with Gasteiger partial charge in [-0.15, -0.1) is 0 Å². The van der Waals surface area contributed by atoms with E-state index in [4.69, 9.17) is 4.74 Å². The molecule has 2 heterocycles. The third kappa shape index (κ3) is 6.27. The molecule has 3 rings (SSSR count). The molecule has 2 saturated heterocycles. The summed E-state index contributed by atoms with van der Waals surface area (Å²) in [6.45, 7) is 12.4. The molecule has 0 bridgehead atoms. The number of hydrogen-bond donors (Lipinski definition) is 1. The van der Waals surface area contributed by atoms with E-state index in [1.165, 1.54) is 11.1 Å². The van der Waals surface area contributed by atoms with Gasteiger partial charge in [-0.25, -0.2) is 0 Å². The van der Waals surface area contributed by atoms with Crippen molar-refractivity contribution in [3.8, 4) is 0 Å². The second-order valence-corrected chi connectivity index (χ2v) is 8.52. The number of carbonyl (C=O) groups excluding carboxylic acids is 2. The number of aryl methyl sites for hydroxylation is 1. The molecule has 0 spiro atoms. The predicted molar refractivity (Wildman–Crippen MR) is 117 cm³/mol. The van der Waals surface area contributed by atoms with Gasteiger partial charge >= 0.3 is 0 Å².